The van der Waals surface area contributed by atoms with E-state index in [1.54, 1.807) is 0 Å². The molecule has 0 spiro atoms. The molecule has 0 aromatic heterocycles. The predicted molar refractivity (Wildman–Crippen MR) is 67.6 cm³/mol. The summed E-state index contributed by atoms with van der Waals surface area (Å²) in [5.41, 5.74) is 5.09. The molecule has 0 fully saturated rings. The molecular formula is C12H17ClN2. The molecule has 0 bridgehead atoms. The zero-order chi connectivity index (χ0) is 11.3. The van der Waals surface area contributed by atoms with Crippen molar-refractivity contribution >= 4 is 23.0 Å². The van der Waals surface area contributed by atoms with Crippen LogP contribution in [0.1, 0.15) is 27.2 Å². The number of nitrogens with one attached hydrogen (secondary N) is 1. The molecule has 0 heterocycles. The Morgan fingerprint density at radius 3 is 2.53 bits per heavy atom. The first-order chi connectivity index (χ1) is 7.13. The fourth-order valence-electron chi connectivity index (χ4n) is 1.08. The molecule has 0 saturated heterocycles. The highest BCUT2D eigenvalue weighted by atomic mass is 35.5. The lowest BCUT2D eigenvalue weighted by molar-refractivity contribution is 0.734. The molecule has 1 atom stereocenters. The van der Waals surface area contributed by atoms with Gasteiger partial charge in [0.15, 0.2) is 0 Å². The third-order valence-corrected chi connectivity index (χ3v) is 2.78. The first kappa shape index (κ1) is 12.1. The second-order valence-corrected chi connectivity index (χ2v) is 4.12. The van der Waals surface area contributed by atoms with E-state index in [9.17, 15) is 0 Å². The molecule has 3 heteroatoms. The van der Waals surface area contributed by atoms with Crippen LogP contribution in [0.4, 0.5) is 5.69 Å². The van der Waals surface area contributed by atoms with Crippen LogP contribution in [0.25, 0.3) is 0 Å². The van der Waals surface area contributed by atoms with E-state index in [4.69, 9.17) is 11.6 Å². The summed E-state index contributed by atoms with van der Waals surface area (Å²) in [6, 6.07) is 7.52. The van der Waals surface area contributed by atoms with Gasteiger partial charge in [0.05, 0.1) is 5.69 Å². The van der Waals surface area contributed by atoms with Gasteiger partial charge in [-0.25, -0.2) is 0 Å². The van der Waals surface area contributed by atoms with Crippen molar-refractivity contribution in [2.75, 3.05) is 5.43 Å². The molecule has 1 aromatic rings. The minimum Gasteiger partial charge on any atom is -0.279 e. The van der Waals surface area contributed by atoms with E-state index in [0.717, 1.165) is 22.8 Å². The van der Waals surface area contributed by atoms with Gasteiger partial charge >= 0.3 is 0 Å². The summed E-state index contributed by atoms with van der Waals surface area (Å²) in [5.74, 6) is 0.518. The molecule has 0 amide bonds. The SMILES string of the molecule is CC[C@H](C)/C(C)=N\Nc1ccc(Cl)cc1. The van der Waals surface area contributed by atoms with Gasteiger partial charge in [0, 0.05) is 10.7 Å². The van der Waals surface area contributed by atoms with Crippen molar-refractivity contribution in [2.45, 2.75) is 27.2 Å². The molecule has 1 N–H and O–H groups in total. The Labute approximate surface area is 96.3 Å². The number of hydrogen-bond donors (Lipinski definition) is 1. The van der Waals surface area contributed by atoms with Crippen LogP contribution in [0.3, 0.4) is 0 Å². The Balaban J connectivity index is 2.59. The third-order valence-electron chi connectivity index (χ3n) is 2.53. The van der Waals surface area contributed by atoms with E-state index >= 15 is 0 Å². The average molecular weight is 225 g/mol. The largest absolute Gasteiger partial charge is 0.279 e. The predicted octanol–water partition coefficient (Wildman–Crippen LogP) is 4.17. The Hall–Kier alpha value is -1.02. The van der Waals surface area contributed by atoms with Crippen molar-refractivity contribution in [1.29, 1.82) is 0 Å². The zero-order valence-electron chi connectivity index (χ0n) is 9.42. The average Bonchev–Trinajstić information content (AvgIpc) is 2.26. The summed E-state index contributed by atoms with van der Waals surface area (Å²) in [6.45, 7) is 6.37. The topological polar surface area (TPSA) is 24.4 Å². The summed E-state index contributed by atoms with van der Waals surface area (Å²) in [7, 11) is 0. The quantitative estimate of drug-likeness (QED) is 0.602. The van der Waals surface area contributed by atoms with Crippen LogP contribution in [-0.4, -0.2) is 5.71 Å². The van der Waals surface area contributed by atoms with Crippen molar-refractivity contribution in [3.8, 4) is 0 Å². The van der Waals surface area contributed by atoms with Gasteiger partial charge in [0.1, 0.15) is 0 Å². The number of hydrogen-bond acceptors (Lipinski definition) is 2. The van der Waals surface area contributed by atoms with E-state index in [1.165, 1.54) is 0 Å². The molecule has 1 aromatic carbocycles. The summed E-state index contributed by atoms with van der Waals surface area (Å²) >= 11 is 5.78. The maximum absolute atomic E-state index is 5.78. The maximum atomic E-state index is 5.78. The van der Waals surface area contributed by atoms with E-state index in [2.05, 4.69) is 24.4 Å². The summed E-state index contributed by atoms with van der Waals surface area (Å²) in [5, 5.41) is 5.06. The highest BCUT2D eigenvalue weighted by Crippen LogP contribution is 2.13. The fraction of sp³-hybridized carbons (Fsp3) is 0.417. The first-order valence-electron chi connectivity index (χ1n) is 5.19. The van der Waals surface area contributed by atoms with E-state index in [0.29, 0.717) is 5.92 Å². The number of nitrogens with zero attached hydrogens (tertiary/aromatic N) is 1. The molecular weight excluding hydrogens is 208 g/mol. The highest BCUT2D eigenvalue weighted by molar-refractivity contribution is 6.30. The van der Waals surface area contributed by atoms with Crippen LogP contribution in [0.5, 0.6) is 0 Å². The van der Waals surface area contributed by atoms with Crippen LogP contribution >= 0.6 is 11.6 Å². The summed E-state index contributed by atoms with van der Waals surface area (Å²) in [4.78, 5) is 0. The lowest BCUT2D eigenvalue weighted by Crippen LogP contribution is -2.07. The number of hydrazone groups is 1. The van der Waals surface area contributed by atoms with Crippen molar-refractivity contribution < 1.29 is 0 Å². The molecule has 1 rings (SSSR count). The minimum absolute atomic E-state index is 0.518. The normalized spacial score (nSPS) is 13.7. The molecule has 0 radical (unpaired) electrons. The summed E-state index contributed by atoms with van der Waals surface area (Å²) < 4.78 is 0. The molecule has 2 nitrogen and oxygen atoms in total. The first-order valence-corrected chi connectivity index (χ1v) is 5.57. The molecule has 82 valence electrons. The van der Waals surface area contributed by atoms with Crippen molar-refractivity contribution in [1.82, 2.24) is 0 Å². The van der Waals surface area contributed by atoms with E-state index in [1.807, 2.05) is 31.2 Å². The zero-order valence-corrected chi connectivity index (χ0v) is 10.2. The van der Waals surface area contributed by atoms with Gasteiger partial charge in [-0.1, -0.05) is 25.4 Å². The summed E-state index contributed by atoms with van der Waals surface area (Å²) in [6.07, 6.45) is 1.11. The third kappa shape index (κ3) is 3.92. The Morgan fingerprint density at radius 1 is 1.40 bits per heavy atom. The fourth-order valence-corrected chi connectivity index (χ4v) is 1.21. The van der Waals surface area contributed by atoms with E-state index < -0.39 is 0 Å². The van der Waals surface area contributed by atoms with Gasteiger partial charge in [0.25, 0.3) is 0 Å². The van der Waals surface area contributed by atoms with Crippen molar-refractivity contribution in [3.63, 3.8) is 0 Å². The monoisotopic (exact) mass is 224 g/mol. The molecule has 15 heavy (non-hydrogen) atoms. The molecule has 0 aliphatic heterocycles. The Kier molecular flexibility index (Phi) is 4.63. The minimum atomic E-state index is 0.518. The van der Waals surface area contributed by atoms with Crippen LogP contribution in [0.15, 0.2) is 29.4 Å². The molecule has 0 aliphatic rings. The van der Waals surface area contributed by atoms with Gasteiger partial charge in [-0.05, 0) is 43.5 Å². The van der Waals surface area contributed by atoms with Gasteiger partial charge in [-0.2, -0.15) is 5.10 Å². The Bertz CT molecular complexity index is 330. The van der Waals surface area contributed by atoms with Crippen LogP contribution in [0, 0.1) is 5.92 Å². The van der Waals surface area contributed by atoms with Gasteiger partial charge in [-0.3, -0.25) is 5.43 Å². The number of rotatable bonds is 4. The smallest absolute Gasteiger partial charge is 0.0562 e. The van der Waals surface area contributed by atoms with Gasteiger partial charge in [-0.15, -0.1) is 0 Å². The molecule has 0 saturated carbocycles. The van der Waals surface area contributed by atoms with Crippen LogP contribution in [-0.2, 0) is 0 Å². The Morgan fingerprint density at radius 2 is 2.00 bits per heavy atom. The lowest BCUT2D eigenvalue weighted by Gasteiger charge is -2.08. The number of halogens is 1. The standard InChI is InChI=1S/C12H17ClN2/c1-4-9(2)10(3)14-15-12-7-5-11(13)6-8-12/h5-9,15H,4H2,1-3H3/b14-10-/t9-/m0/s1. The second-order valence-electron chi connectivity index (χ2n) is 3.68. The van der Waals surface area contributed by atoms with Crippen molar-refractivity contribution in [2.24, 2.45) is 11.0 Å². The number of anilines is 1. The van der Waals surface area contributed by atoms with Crippen molar-refractivity contribution in [3.05, 3.63) is 29.3 Å². The number of benzene rings is 1. The lowest BCUT2D eigenvalue weighted by atomic mass is 10.1. The van der Waals surface area contributed by atoms with Gasteiger partial charge in [0.2, 0.25) is 0 Å². The van der Waals surface area contributed by atoms with Gasteiger partial charge < -0.3 is 0 Å². The maximum Gasteiger partial charge on any atom is 0.0562 e. The van der Waals surface area contributed by atoms with Crippen LogP contribution in [0.2, 0.25) is 5.02 Å². The molecule has 0 unspecified atom stereocenters. The highest BCUT2D eigenvalue weighted by Gasteiger charge is 2.01. The van der Waals surface area contributed by atoms with E-state index in [-0.39, 0.29) is 0 Å². The van der Waals surface area contributed by atoms with Crippen LogP contribution < -0.4 is 5.43 Å². The second kappa shape index (κ2) is 5.76. The molecule has 0 aliphatic carbocycles.